The average molecular weight is 453 g/mol. The zero-order valence-corrected chi connectivity index (χ0v) is 18.4. The summed E-state index contributed by atoms with van der Waals surface area (Å²) in [5.74, 6) is -0.812. The van der Waals surface area contributed by atoms with Crippen LogP contribution in [0.1, 0.15) is 11.3 Å². The fraction of sp³-hybridized carbons (Fsp3) is 0.333. The van der Waals surface area contributed by atoms with Crippen LogP contribution in [0.15, 0.2) is 48.9 Å². The van der Waals surface area contributed by atoms with Gasteiger partial charge in [0.2, 0.25) is 0 Å². The van der Waals surface area contributed by atoms with Crippen LogP contribution in [0, 0.1) is 18.6 Å². The summed E-state index contributed by atoms with van der Waals surface area (Å²) < 4.78 is 43.0. The molecule has 0 atom stereocenters. The molecule has 0 spiro atoms. The quantitative estimate of drug-likeness (QED) is 0.427. The van der Waals surface area contributed by atoms with Crippen LogP contribution in [0.4, 0.5) is 8.78 Å². The van der Waals surface area contributed by atoms with Gasteiger partial charge in [0, 0.05) is 37.6 Å². The molecule has 9 heteroatoms. The average Bonchev–Trinajstić information content (AvgIpc) is 3.41. The Morgan fingerprint density at radius 3 is 2.64 bits per heavy atom. The molecule has 0 saturated carbocycles. The predicted molar refractivity (Wildman–Crippen MR) is 119 cm³/mol. The maximum atomic E-state index is 14.0. The third-order valence-corrected chi connectivity index (χ3v) is 5.88. The summed E-state index contributed by atoms with van der Waals surface area (Å²) in [4.78, 5) is 7.03. The molecule has 1 aliphatic heterocycles. The van der Waals surface area contributed by atoms with Crippen LogP contribution in [0.2, 0.25) is 0 Å². The van der Waals surface area contributed by atoms with E-state index in [0.717, 1.165) is 56.3 Å². The van der Waals surface area contributed by atoms with Crippen molar-refractivity contribution in [3.05, 3.63) is 71.8 Å². The molecule has 3 aromatic heterocycles. The van der Waals surface area contributed by atoms with Gasteiger partial charge in [0.25, 0.3) is 0 Å². The van der Waals surface area contributed by atoms with Gasteiger partial charge >= 0.3 is 0 Å². The Morgan fingerprint density at radius 2 is 1.85 bits per heavy atom. The van der Waals surface area contributed by atoms with E-state index in [-0.39, 0.29) is 12.2 Å². The number of aromatic nitrogens is 4. The lowest BCUT2D eigenvalue weighted by atomic mass is 10.2. The maximum Gasteiger partial charge on any atom is 0.180 e. The number of ether oxygens (including phenoxy) is 2. The number of morpholine rings is 1. The van der Waals surface area contributed by atoms with Crippen molar-refractivity contribution in [2.45, 2.75) is 20.1 Å². The van der Waals surface area contributed by atoms with Crippen molar-refractivity contribution >= 4 is 5.65 Å². The van der Waals surface area contributed by atoms with E-state index in [1.807, 2.05) is 40.7 Å². The van der Waals surface area contributed by atoms with E-state index in [4.69, 9.17) is 9.47 Å². The molecule has 0 radical (unpaired) electrons. The first-order valence-electron chi connectivity index (χ1n) is 11.0. The van der Waals surface area contributed by atoms with Crippen LogP contribution >= 0.6 is 0 Å². The molecule has 1 aromatic carbocycles. The highest BCUT2D eigenvalue weighted by molar-refractivity contribution is 5.69. The molecule has 0 N–H and O–H groups in total. The van der Waals surface area contributed by atoms with E-state index in [2.05, 4.69) is 15.0 Å². The molecule has 5 rings (SSSR count). The summed E-state index contributed by atoms with van der Waals surface area (Å²) in [6, 6.07) is 7.34. The van der Waals surface area contributed by atoms with Crippen molar-refractivity contribution in [3.63, 3.8) is 0 Å². The van der Waals surface area contributed by atoms with Crippen molar-refractivity contribution in [2.24, 2.45) is 0 Å². The number of benzene rings is 1. The molecule has 1 aliphatic rings. The number of hydrogen-bond donors (Lipinski definition) is 0. The Labute approximate surface area is 190 Å². The molecule has 0 unspecified atom stereocenters. The molecule has 0 aliphatic carbocycles. The second-order valence-electron chi connectivity index (χ2n) is 8.05. The van der Waals surface area contributed by atoms with E-state index >= 15 is 0 Å². The first kappa shape index (κ1) is 21.5. The molecule has 172 valence electrons. The zero-order valence-electron chi connectivity index (χ0n) is 18.4. The zero-order chi connectivity index (χ0) is 22.8. The minimum absolute atomic E-state index is 0.107. The van der Waals surface area contributed by atoms with E-state index in [9.17, 15) is 8.78 Å². The van der Waals surface area contributed by atoms with Crippen LogP contribution in [0.3, 0.4) is 0 Å². The Bertz CT molecular complexity index is 1240. The van der Waals surface area contributed by atoms with Crippen LogP contribution in [-0.4, -0.2) is 56.9 Å². The van der Waals surface area contributed by atoms with E-state index in [1.165, 1.54) is 18.2 Å². The minimum Gasteiger partial charge on any atom is -0.485 e. The first-order chi connectivity index (χ1) is 16.1. The van der Waals surface area contributed by atoms with Gasteiger partial charge in [-0.25, -0.2) is 13.8 Å². The summed E-state index contributed by atoms with van der Waals surface area (Å²) in [7, 11) is 0. The van der Waals surface area contributed by atoms with Gasteiger partial charge in [-0.1, -0.05) is 6.07 Å². The van der Waals surface area contributed by atoms with Crippen molar-refractivity contribution in [3.8, 4) is 17.0 Å². The highest BCUT2D eigenvalue weighted by atomic mass is 19.1. The number of hydrogen-bond acceptors (Lipinski definition) is 5. The third-order valence-electron chi connectivity index (χ3n) is 5.88. The van der Waals surface area contributed by atoms with Crippen LogP contribution in [0.5, 0.6) is 5.75 Å². The molecule has 0 bridgehead atoms. The normalized spacial score (nSPS) is 14.8. The highest BCUT2D eigenvalue weighted by Crippen LogP contribution is 2.29. The standard InChI is InChI=1S/C24H25F2N5O2/c1-17-23(18-14-27-30(15-18)9-8-29-10-12-32-13-11-29)31-7-3-6-22(24(31)28-17)33-16-19-20(25)4-2-5-21(19)26/h2-7,14-15H,8-13,16H2,1H3. The van der Waals surface area contributed by atoms with Gasteiger partial charge in [0.15, 0.2) is 11.4 Å². The Hall–Kier alpha value is -3.30. The fourth-order valence-corrected chi connectivity index (χ4v) is 4.11. The van der Waals surface area contributed by atoms with Crippen molar-refractivity contribution in [1.82, 2.24) is 24.1 Å². The van der Waals surface area contributed by atoms with Crippen molar-refractivity contribution in [1.29, 1.82) is 0 Å². The van der Waals surface area contributed by atoms with Crippen molar-refractivity contribution in [2.75, 3.05) is 32.8 Å². The van der Waals surface area contributed by atoms with E-state index < -0.39 is 11.6 Å². The predicted octanol–water partition coefficient (Wildman–Crippen LogP) is 3.70. The fourth-order valence-electron chi connectivity index (χ4n) is 4.11. The molecule has 33 heavy (non-hydrogen) atoms. The molecule has 7 nitrogen and oxygen atoms in total. The Morgan fingerprint density at radius 1 is 1.06 bits per heavy atom. The Kier molecular flexibility index (Phi) is 6.06. The van der Waals surface area contributed by atoms with E-state index in [0.29, 0.717) is 11.4 Å². The number of aryl methyl sites for hydroxylation is 1. The van der Waals surface area contributed by atoms with E-state index in [1.54, 1.807) is 6.07 Å². The highest BCUT2D eigenvalue weighted by Gasteiger charge is 2.17. The van der Waals surface area contributed by atoms with Crippen molar-refractivity contribution < 1.29 is 18.3 Å². The second kappa shape index (κ2) is 9.29. The first-order valence-corrected chi connectivity index (χ1v) is 11.0. The monoisotopic (exact) mass is 453 g/mol. The molecule has 1 fully saturated rings. The SMILES string of the molecule is Cc1nc2c(OCc3c(F)cccc3F)cccn2c1-c1cnn(CCN2CCOCC2)c1. The third kappa shape index (κ3) is 4.46. The maximum absolute atomic E-state index is 14.0. The molecule has 0 amide bonds. The minimum atomic E-state index is -0.633. The second-order valence-corrected chi connectivity index (χ2v) is 8.05. The number of halogens is 2. The lowest BCUT2D eigenvalue weighted by Gasteiger charge is -2.26. The number of pyridine rings is 1. The van der Waals surface area contributed by atoms with Gasteiger partial charge in [-0.05, 0) is 31.2 Å². The van der Waals surface area contributed by atoms with Gasteiger partial charge in [-0.3, -0.25) is 14.0 Å². The van der Waals surface area contributed by atoms with Crippen LogP contribution in [-0.2, 0) is 17.9 Å². The van der Waals surface area contributed by atoms with Gasteiger partial charge in [0.05, 0.1) is 42.9 Å². The van der Waals surface area contributed by atoms with Crippen LogP contribution in [0.25, 0.3) is 16.9 Å². The molecule has 4 aromatic rings. The summed E-state index contributed by atoms with van der Waals surface area (Å²) in [6.45, 7) is 6.85. The molecule has 1 saturated heterocycles. The number of nitrogens with zero attached hydrogens (tertiary/aromatic N) is 5. The van der Waals surface area contributed by atoms with Gasteiger partial charge in [-0.15, -0.1) is 0 Å². The summed E-state index contributed by atoms with van der Waals surface area (Å²) in [6.07, 6.45) is 5.74. The van der Waals surface area contributed by atoms with Crippen LogP contribution < -0.4 is 4.74 Å². The molecular weight excluding hydrogens is 428 g/mol. The largest absolute Gasteiger partial charge is 0.485 e. The lowest BCUT2D eigenvalue weighted by Crippen LogP contribution is -2.38. The number of imidazole rings is 1. The summed E-state index contributed by atoms with van der Waals surface area (Å²) in [5, 5.41) is 4.53. The molecule has 4 heterocycles. The topological polar surface area (TPSA) is 56.8 Å². The molecular formula is C24H25F2N5O2. The van der Waals surface area contributed by atoms with Gasteiger partial charge in [0.1, 0.15) is 18.2 Å². The summed E-state index contributed by atoms with van der Waals surface area (Å²) in [5.41, 5.74) is 3.15. The smallest absolute Gasteiger partial charge is 0.180 e. The number of fused-ring (bicyclic) bond motifs is 1. The lowest BCUT2D eigenvalue weighted by molar-refractivity contribution is 0.0360. The Balaban J connectivity index is 1.37. The number of rotatable bonds is 7. The van der Waals surface area contributed by atoms with Gasteiger partial charge < -0.3 is 9.47 Å². The van der Waals surface area contributed by atoms with Gasteiger partial charge in [-0.2, -0.15) is 5.10 Å². The summed E-state index contributed by atoms with van der Waals surface area (Å²) >= 11 is 0.